The molecule has 1 aliphatic heterocycles. The lowest BCUT2D eigenvalue weighted by Crippen LogP contribution is -2.37. The fourth-order valence-corrected chi connectivity index (χ4v) is 5.05. The molecule has 164 valence electrons. The molecule has 2 fully saturated rings. The van der Waals surface area contributed by atoms with Crippen molar-refractivity contribution in [3.8, 4) is 0 Å². The van der Waals surface area contributed by atoms with Gasteiger partial charge in [0.25, 0.3) is 0 Å². The Hall–Kier alpha value is -2.74. The number of hydrogen-bond donors (Lipinski definition) is 1. The van der Waals surface area contributed by atoms with Gasteiger partial charge in [0.1, 0.15) is 23.0 Å². The van der Waals surface area contributed by atoms with Gasteiger partial charge in [0.2, 0.25) is 5.95 Å². The molecule has 1 aliphatic carbocycles. The van der Waals surface area contributed by atoms with Crippen LogP contribution < -0.4 is 10.2 Å². The minimum atomic E-state index is 0.338. The SMILES string of the molecule is COC1CCN(c2nccc(Nc3cc4c(cn3)nc(C)n4C3CC[C@H](C)C3)n2)CC1. The van der Waals surface area contributed by atoms with E-state index in [-0.39, 0.29) is 0 Å². The molecule has 8 nitrogen and oxygen atoms in total. The van der Waals surface area contributed by atoms with Crippen molar-refractivity contribution in [2.24, 2.45) is 5.92 Å². The summed E-state index contributed by atoms with van der Waals surface area (Å²) in [6.07, 6.45) is 9.71. The van der Waals surface area contributed by atoms with Gasteiger partial charge in [-0.15, -0.1) is 0 Å². The van der Waals surface area contributed by atoms with Crippen LogP contribution in [0.15, 0.2) is 24.5 Å². The number of hydrogen-bond acceptors (Lipinski definition) is 7. The van der Waals surface area contributed by atoms with Crippen LogP contribution in [0, 0.1) is 12.8 Å². The number of fused-ring (bicyclic) bond motifs is 1. The van der Waals surface area contributed by atoms with E-state index < -0.39 is 0 Å². The molecule has 2 atom stereocenters. The molecule has 4 heterocycles. The van der Waals surface area contributed by atoms with Crippen molar-refractivity contribution < 1.29 is 4.74 Å². The van der Waals surface area contributed by atoms with Crippen LogP contribution in [0.5, 0.6) is 0 Å². The number of aryl methyl sites for hydroxylation is 1. The van der Waals surface area contributed by atoms with Crippen LogP contribution in [0.2, 0.25) is 0 Å². The standard InChI is InChI=1S/C23H31N7O/c1-15-4-5-17(12-15)30-16(2)26-19-14-25-22(13-20(19)30)27-21-6-9-24-23(28-21)29-10-7-18(31-3)8-11-29/h6,9,13-15,17-18H,4-5,7-8,10-12H2,1-3H3,(H,24,25,27,28)/t15-,17?/m0/s1. The number of anilines is 3. The van der Waals surface area contributed by atoms with Gasteiger partial charge in [-0.05, 0) is 51.0 Å². The van der Waals surface area contributed by atoms with E-state index in [0.717, 1.165) is 66.3 Å². The summed E-state index contributed by atoms with van der Waals surface area (Å²) in [6.45, 7) is 6.25. The van der Waals surface area contributed by atoms with E-state index in [2.05, 4.69) is 44.7 Å². The summed E-state index contributed by atoms with van der Waals surface area (Å²) in [5.41, 5.74) is 2.09. The zero-order chi connectivity index (χ0) is 21.4. The van der Waals surface area contributed by atoms with Gasteiger partial charge in [0.05, 0.1) is 17.8 Å². The highest BCUT2D eigenvalue weighted by Crippen LogP contribution is 2.37. The molecule has 1 saturated heterocycles. The summed E-state index contributed by atoms with van der Waals surface area (Å²) in [5.74, 6) is 4.12. The van der Waals surface area contributed by atoms with Crippen molar-refractivity contribution in [2.45, 2.75) is 58.1 Å². The van der Waals surface area contributed by atoms with E-state index in [9.17, 15) is 0 Å². The summed E-state index contributed by atoms with van der Waals surface area (Å²) in [7, 11) is 1.78. The number of aromatic nitrogens is 5. The van der Waals surface area contributed by atoms with Crippen molar-refractivity contribution in [3.05, 3.63) is 30.4 Å². The lowest BCUT2D eigenvalue weighted by Gasteiger charge is -2.31. The smallest absolute Gasteiger partial charge is 0.227 e. The molecule has 3 aromatic rings. The van der Waals surface area contributed by atoms with Gasteiger partial charge in [-0.3, -0.25) is 0 Å². The Kier molecular flexibility index (Phi) is 5.48. The van der Waals surface area contributed by atoms with Crippen LogP contribution >= 0.6 is 0 Å². The summed E-state index contributed by atoms with van der Waals surface area (Å²) in [4.78, 5) is 20.8. The van der Waals surface area contributed by atoms with Gasteiger partial charge in [-0.1, -0.05) is 6.92 Å². The third-order valence-corrected chi connectivity index (χ3v) is 6.74. The highest BCUT2D eigenvalue weighted by atomic mass is 16.5. The maximum atomic E-state index is 5.47. The predicted molar refractivity (Wildman–Crippen MR) is 122 cm³/mol. The molecule has 0 radical (unpaired) electrons. The second-order valence-electron chi connectivity index (χ2n) is 8.95. The van der Waals surface area contributed by atoms with Crippen LogP contribution in [0.3, 0.4) is 0 Å². The van der Waals surface area contributed by atoms with Crippen LogP contribution in [0.1, 0.15) is 50.9 Å². The van der Waals surface area contributed by atoms with Gasteiger partial charge in [0, 0.05) is 38.5 Å². The van der Waals surface area contributed by atoms with Gasteiger partial charge in [-0.25, -0.2) is 15.0 Å². The molecule has 8 heteroatoms. The highest BCUT2D eigenvalue weighted by molar-refractivity contribution is 5.79. The van der Waals surface area contributed by atoms with E-state index in [0.29, 0.717) is 12.1 Å². The first-order valence-corrected chi connectivity index (χ1v) is 11.3. The van der Waals surface area contributed by atoms with Crippen LogP contribution in [0.4, 0.5) is 17.6 Å². The van der Waals surface area contributed by atoms with E-state index >= 15 is 0 Å². The molecule has 1 N–H and O–H groups in total. The first-order chi connectivity index (χ1) is 15.1. The number of methoxy groups -OCH3 is 1. The minimum Gasteiger partial charge on any atom is -0.381 e. The Labute approximate surface area is 183 Å². The second-order valence-corrected chi connectivity index (χ2v) is 8.95. The molecule has 0 spiro atoms. The van der Waals surface area contributed by atoms with E-state index in [4.69, 9.17) is 14.7 Å². The molecule has 0 amide bonds. The molecular formula is C23H31N7O. The van der Waals surface area contributed by atoms with Gasteiger partial charge < -0.3 is 19.5 Å². The van der Waals surface area contributed by atoms with Crippen LogP contribution in [-0.4, -0.2) is 50.8 Å². The number of imidazole rings is 1. The first kappa shape index (κ1) is 20.2. The Bertz CT molecular complexity index is 1060. The normalized spacial score (nSPS) is 22.4. The van der Waals surface area contributed by atoms with Crippen molar-refractivity contribution in [1.29, 1.82) is 0 Å². The van der Waals surface area contributed by atoms with Crippen molar-refractivity contribution in [1.82, 2.24) is 24.5 Å². The van der Waals surface area contributed by atoms with Crippen LogP contribution in [-0.2, 0) is 4.74 Å². The fraction of sp³-hybridized carbons (Fsp3) is 0.565. The zero-order valence-electron chi connectivity index (χ0n) is 18.6. The lowest BCUT2D eigenvalue weighted by molar-refractivity contribution is 0.0816. The molecule has 0 aromatic carbocycles. The summed E-state index contributed by atoms with van der Waals surface area (Å²) < 4.78 is 7.87. The molecule has 31 heavy (non-hydrogen) atoms. The minimum absolute atomic E-state index is 0.338. The second kappa shape index (κ2) is 8.42. The van der Waals surface area contributed by atoms with Crippen LogP contribution in [0.25, 0.3) is 11.0 Å². The third kappa shape index (κ3) is 4.08. The van der Waals surface area contributed by atoms with Crippen molar-refractivity contribution in [3.63, 3.8) is 0 Å². The molecule has 2 aliphatic rings. The lowest BCUT2D eigenvalue weighted by atomic mass is 10.1. The topological polar surface area (TPSA) is 81.0 Å². The Morgan fingerprint density at radius 3 is 2.65 bits per heavy atom. The quantitative estimate of drug-likeness (QED) is 0.659. The monoisotopic (exact) mass is 421 g/mol. The number of pyridine rings is 1. The highest BCUT2D eigenvalue weighted by Gasteiger charge is 2.26. The molecule has 5 rings (SSSR count). The summed E-state index contributed by atoms with van der Waals surface area (Å²) in [6, 6.07) is 4.51. The maximum absolute atomic E-state index is 5.47. The zero-order valence-corrected chi connectivity index (χ0v) is 18.6. The van der Waals surface area contributed by atoms with Crippen molar-refractivity contribution in [2.75, 3.05) is 30.4 Å². The summed E-state index contributed by atoms with van der Waals surface area (Å²) in [5, 5.41) is 3.38. The van der Waals surface area contributed by atoms with Crippen molar-refractivity contribution >= 4 is 28.6 Å². The predicted octanol–water partition coefficient (Wildman–Crippen LogP) is 4.25. The Morgan fingerprint density at radius 1 is 1.06 bits per heavy atom. The van der Waals surface area contributed by atoms with Gasteiger partial charge in [-0.2, -0.15) is 4.98 Å². The van der Waals surface area contributed by atoms with E-state index in [1.807, 2.05) is 12.3 Å². The maximum Gasteiger partial charge on any atom is 0.227 e. The molecule has 3 aromatic heterocycles. The van der Waals surface area contributed by atoms with E-state index in [1.165, 1.54) is 19.3 Å². The average molecular weight is 422 g/mol. The fourth-order valence-electron chi connectivity index (χ4n) is 5.05. The number of piperidine rings is 1. The third-order valence-electron chi connectivity index (χ3n) is 6.74. The average Bonchev–Trinajstić information content (AvgIpc) is 3.35. The Morgan fingerprint density at radius 2 is 1.90 bits per heavy atom. The van der Waals surface area contributed by atoms with Gasteiger partial charge >= 0.3 is 0 Å². The van der Waals surface area contributed by atoms with E-state index in [1.54, 1.807) is 13.3 Å². The molecule has 1 saturated carbocycles. The first-order valence-electron chi connectivity index (χ1n) is 11.3. The summed E-state index contributed by atoms with van der Waals surface area (Å²) >= 11 is 0. The molecular weight excluding hydrogens is 390 g/mol. The largest absolute Gasteiger partial charge is 0.381 e. The Balaban J connectivity index is 1.37. The molecule has 1 unspecified atom stereocenters. The molecule has 0 bridgehead atoms. The number of nitrogens with zero attached hydrogens (tertiary/aromatic N) is 6. The number of nitrogens with one attached hydrogen (secondary N) is 1. The van der Waals surface area contributed by atoms with Gasteiger partial charge in [0.15, 0.2) is 0 Å². The number of ether oxygens (including phenoxy) is 1. The number of rotatable bonds is 5.